The van der Waals surface area contributed by atoms with Crippen molar-refractivity contribution in [1.82, 2.24) is 10.3 Å². The maximum absolute atomic E-state index is 11.8. The molecule has 1 N–H and O–H groups in total. The maximum Gasteiger partial charge on any atom is 0.251 e. The Bertz CT molecular complexity index is 371. The lowest BCUT2D eigenvalue weighted by Crippen LogP contribution is -2.39. The van der Waals surface area contributed by atoms with Crippen molar-refractivity contribution in [3.63, 3.8) is 0 Å². The molecule has 0 bridgehead atoms. The van der Waals surface area contributed by atoms with Gasteiger partial charge in [0.05, 0.1) is 0 Å². The van der Waals surface area contributed by atoms with Gasteiger partial charge in [-0.3, -0.25) is 4.79 Å². The quantitative estimate of drug-likeness (QED) is 0.845. The zero-order valence-electron chi connectivity index (χ0n) is 7.96. The number of nitrogens with one attached hydrogen (secondary N) is 1. The summed E-state index contributed by atoms with van der Waals surface area (Å²) < 4.78 is 1.33. The van der Waals surface area contributed by atoms with Gasteiger partial charge in [-0.1, -0.05) is 0 Å². The van der Waals surface area contributed by atoms with Gasteiger partial charge in [-0.15, -0.1) is 0 Å². The molecule has 2 rings (SSSR count). The topological polar surface area (TPSA) is 42.0 Å². The SMILES string of the molecule is O=C(NC1CCC1)c1cc(Br)nc(Br)c1. The van der Waals surface area contributed by atoms with Crippen LogP contribution in [-0.2, 0) is 0 Å². The van der Waals surface area contributed by atoms with Gasteiger partial charge in [0.2, 0.25) is 0 Å². The molecule has 1 aliphatic carbocycles. The number of halogens is 2. The molecule has 1 amide bonds. The van der Waals surface area contributed by atoms with Gasteiger partial charge in [0.15, 0.2) is 0 Å². The average Bonchev–Trinajstić information content (AvgIpc) is 2.09. The second-order valence-corrected chi connectivity index (χ2v) is 5.23. The Labute approximate surface area is 105 Å². The van der Waals surface area contributed by atoms with Crippen LogP contribution < -0.4 is 5.32 Å². The summed E-state index contributed by atoms with van der Waals surface area (Å²) in [5, 5.41) is 2.98. The number of nitrogens with zero attached hydrogens (tertiary/aromatic N) is 1. The molecule has 0 saturated heterocycles. The summed E-state index contributed by atoms with van der Waals surface area (Å²) >= 11 is 6.51. The van der Waals surface area contributed by atoms with Crippen molar-refractivity contribution in [2.24, 2.45) is 0 Å². The first-order chi connectivity index (χ1) is 7.15. The molecule has 0 radical (unpaired) electrons. The molecular weight excluding hydrogens is 324 g/mol. The third kappa shape index (κ3) is 2.78. The van der Waals surface area contributed by atoms with Crippen molar-refractivity contribution in [3.05, 3.63) is 26.9 Å². The summed E-state index contributed by atoms with van der Waals surface area (Å²) in [5.41, 5.74) is 0.635. The standard InChI is InChI=1S/C10H10Br2N2O/c11-8-4-6(5-9(12)14-8)10(15)13-7-2-1-3-7/h4-5,7H,1-3H2,(H,13,15). The number of carbonyl (C=O) groups excluding carboxylic acids is 1. The maximum atomic E-state index is 11.8. The molecular formula is C10H10Br2N2O. The summed E-state index contributed by atoms with van der Waals surface area (Å²) in [5.74, 6) is -0.0245. The molecule has 15 heavy (non-hydrogen) atoms. The smallest absolute Gasteiger partial charge is 0.251 e. The van der Waals surface area contributed by atoms with Crippen molar-refractivity contribution in [3.8, 4) is 0 Å². The van der Waals surface area contributed by atoms with Crippen LogP contribution in [0.1, 0.15) is 29.6 Å². The Morgan fingerprint density at radius 2 is 1.93 bits per heavy atom. The molecule has 1 aliphatic rings. The minimum atomic E-state index is -0.0245. The summed E-state index contributed by atoms with van der Waals surface area (Å²) in [7, 11) is 0. The monoisotopic (exact) mass is 332 g/mol. The fourth-order valence-electron chi connectivity index (χ4n) is 1.42. The lowest BCUT2D eigenvalue weighted by atomic mass is 9.93. The van der Waals surface area contributed by atoms with Crippen LogP contribution in [0.15, 0.2) is 21.3 Å². The van der Waals surface area contributed by atoms with E-state index in [-0.39, 0.29) is 5.91 Å². The van der Waals surface area contributed by atoms with Crippen molar-refractivity contribution in [2.75, 3.05) is 0 Å². The Morgan fingerprint density at radius 1 is 1.33 bits per heavy atom. The zero-order chi connectivity index (χ0) is 10.8. The van der Waals surface area contributed by atoms with E-state index in [1.54, 1.807) is 12.1 Å². The van der Waals surface area contributed by atoms with Gasteiger partial charge in [0.25, 0.3) is 5.91 Å². The minimum absolute atomic E-state index is 0.0245. The molecule has 0 atom stereocenters. The van der Waals surface area contributed by atoms with E-state index in [1.165, 1.54) is 6.42 Å². The predicted octanol–water partition coefficient (Wildman–Crippen LogP) is 2.89. The van der Waals surface area contributed by atoms with Gasteiger partial charge in [-0.05, 0) is 63.3 Å². The molecule has 80 valence electrons. The molecule has 1 aromatic heterocycles. The number of pyridine rings is 1. The van der Waals surface area contributed by atoms with Crippen molar-refractivity contribution >= 4 is 37.8 Å². The van der Waals surface area contributed by atoms with Gasteiger partial charge >= 0.3 is 0 Å². The Balaban J connectivity index is 2.10. The Hall–Kier alpha value is -0.420. The molecule has 0 spiro atoms. The van der Waals surface area contributed by atoms with Crippen LogP contribution in [0.5, 0.6) is 0 Å². The second-order valence-electron chi connectivity index (χ2n) is 3.60. The largest absolute Gasteiger partial charge is 0.349 e. The molecule has 0 unspecified atom stereocenters. The van der Waals surface area contributed by atoms with E-state index in [9.17, 15) is 4.79 Å². The molecule has 1 saturated carbocycles. The highest BCUT2D eigenvalue weighted by Gasteiger charge is 2.20. The van der Waals surface area contributed by atoms with Crippen LogP contribution in [0, 0.1) is 0 Å². The fraction of sp³-hybridized carbons (Fsp3) is 0.400. The van der Waals surface area contributed by atoms with Crippen LogP contribution in [-0.4, -0.2) is 16.9 Å². The van der Waals surface area contributed by atoms with Crippen molar-refractivity contribution in [1.29, 1.82) is 0 Å². The summed E-state index contributed by atoms with van der Waals surface area (Å²) in [6.45, 7) is 0. The molecule has 1 heterocycles. The van der Waals surface area contributed by atoms with E-state index in [0.29, 0.717) is 20.8 Å². The fourth-order valence-corrected chi connectivity index (χ4v) is 2.53. The molecule has 1 fully saturated rings. The van der Waals surface area contributed by atoms with E-state index in [4.69, 9.17) is 0 Å². The summed E-state index contributed by atoms with van der Waals surface area (Å²) in [4.78, 5) is 15.9. The minimum Gasteiger partial charge on any atom is -0.349 e. The number of hydrogen-bond acceptors (Lipinski definition) is 2. The Kier molecular flexibility index (Phi) is 3.41. The number of aromatic nitrogens is 1. The lowest BCUT2D eigenvalue weighted by molar-refractivity contribution is 0.0916. The highest BCUT2D eigenvalue weighted by molar-refractivity contribution is 9.11. The van der Waals surface area contributed by atoms with Crippen LogP contribution in [0.4, 0.5) is 0 Å². The first-order valence-electron chi connectivity index (χ1n) is 4.79. The van der Waals surface area contributed by atoms with Crippen molar-refractivity contribution in [2.45, 2.75) is 25.3 Å². The van der Waals surface area contributed by atoms with Gasteiger partial charge in [0.1, 0.15) is 9.21 Å². The van der Waals surface area contributed by atoms with Crippen LogP contribution in [0.25, 0.3) is 0 Å². The number of rotatable bonds is 2. The second kappa shape index (κ2) is 4.61. The molecule has 5 heteroatoms. The molecule has 1 aromatic rings. The van der Waals surface area contributed by atoms with Crippen LogP contribution in [0.3, 0.4) is 0 Å². The third-order valence-corrected chi connectivity index (χ3v) is 3.28. The first-order valence-corrected chi connectivity index (χ1v) is 6.38. The highest BCUT2D eigenvalue weighted by Crippen LogP contribution is 2.20. The zero-order valence-corrected chi connectivity index (χ0v) is 11.1. The van der Waals surface area contributed by atoms with E-state index >= 15 is 0 Å². The molecule has 0 aliphatic heterocycles. The molecule has 3 nitrogen and oxygen atoms in total. The normalized spacial score (nSPS) is 15.9. The van der Waals surface area contributed by atoms with Gasteiger partial charge in [0, 0.05) is 11.6 Å². The summed E-state index contributed by atoms with van der Waals surface area (Å²) in [6, 6.07) is 3.81. The summed E-state index contributed by atoms with van der Waals surface area (Å²) in [6.07, 6.45) is 3.41. The van der Waals surface area contributed by atoms with E-state index in [1.807, 2.05) is 0 Å². The first kappa shape index (κ1) is 11.1. The van der Waals surface area contributed by atoms with Crippen molar-refractivity contribution < 1.29 is 4.79 Å². The number of hydrogen-bond donors (Lipinski definition) is 1. The van der Waals surface area contributed by atoms with Crippen LogP contribution >= 0.6 is 31.9 Å². The van der Waals surface area contributed by atoms with E-state index < -0.39 is 0 Å². The predicted molar refractivity (Wildman–Crippen MR) is 64.7 cm³/mol. The third-order valence-electron chi connectivity index (χ3n) is 2.47. The van der Waals surface area contributed by atoms with Gasteiger partial charge in [-0.2, -0.15) is 0 Å². The van der Waals surface area contributed by atoms with Crippen LogP contribution in [0.2, 0.25) is 0 Å². The van der Waals surface area contributed by atoms with E-state index in [2.05, 4.69) is 42.2 Å². The average molecular weight is 334 g/mol. The lowest BCUT2D eigenvalue weighted by Gasteiger charge is -2.26. The highest BCUT2D eigenvalue weighted by atomic mass is 79.9. The Morgan fingerprint density at radius 3 is 2.40 bits per heavy atom. The van der Waals surface area contributed by atoms with Gasteiger partial charge in [-0.25, -0.2) is 4.98 Å². The van der Waals surface area contributed by atoms with E-state index in [0.717, 1.165) is 12.8 Å². The number of amides is 1. The molecule has 0 aromatic carbocycles. The number of carbonyl (C=O) groups is 1. The van der Waals surface area contributed by atoms with Gasteiger partial charge < -0.3 is 5.32 Å².